The third-order valence-electron chi connectivity index (χ3n) is 5.65. The van der Waals surface area contributed by atoms with Crippen molar-refractivity contribution in [2.45, 2.75) is 18.9 Å². The molecule has 1 saturated heterocycles. The third-order valence-corrected chi connectivity index (χ3v) is 5.89. The molecular weight excluding hydrogens is 413 g/mol. The van der Waals surface area contributed by atoms with Gasteiger partial charge in [0.2, 0.25) is 0 Å². The van der Waals surface area contributed by atoms with E-state index < -0.39 is 0 Å². The third kappa shape index (κ3) is 4.22. The molecule has 0 amide bonds. The number of halogens is 2. The highest BCUT2D eigenvalue weighted by Crippen LogP contribution is 2.30. The monoisotopic (exact) mass is 433 g/mol. The lowest BCUT2D eigenvalue weighted by Gasteiger charge is -2.22. The first-order chi connectivity index (χ1) is 15.2. The molecule has 3 aromatic heterocycles. The van der Waals surface area contributed by atoms with Gasteiger partial charge in [0, 0.05) is 52.1 Å². The molecule has 0 aliphatic carbocycles. The second-order valence-electron chi connectivity index (χ2n) is 7.71. The first kappa shape index (κ1) is 19.8. The number of nitrogens with zero attached hydrogens (tertiary/aromatic N) is 4. The molecule has 7 heteroatoms. The zero-order valence-corrected chi connectivity index (χ0v) is 17.6. The second-order valence-corrected chi connectivity index (χ2v) is 8.14. The van der Waals surface area contributed by atoms with Crippen molar-refractivity contribution >= 4 is 11.6 Å². The summed E-state index contributed by atoms with van der Waals surface area (Å²) in [6.07, 6.45) is 11.5. The molecule has 0 bridgehead atoms. The van der Waals surface area contributed by atoms with Gasteiger partial charge in [0.1, 0.15) is 5.82 Å². The Hall–Kier alpha value is -3.09. The van der Waals surface area contributed by atoms with Gasteiger partial charge in [0.05, 0.1) is 17.9 Å². The Bertz CT molecular complexity index is 1220. The molecule has 0 saturated carbocycles. The van der Waals surface area contributed by atoms with Gasteiger partial charge in [-0.2, -0.15) is 5.10 Å². The molecule has 1 aliphatic heterocycles. The summed E-state index contributed by atoms with van der Waals surface area (Å²) in [5.74, 6) is -0.355. The number of hydrogen-bond acceptors (Lipinski definition) is 4. The predicted octanol–water partition coefficient (Wildman–Crippen LogP) is 5.39. The van der Waals surface area contributed by atoms with Gasteiger partial charge in [0.15, 0.2) is 0 Å². The van der Waals surface area contributed by atoms with Crippen LogP contribution in [0.25, 0.3) is 33.5 Å². The van der Waals surface area contributed by atoms with E-state index in [1.165, 1.54) is 12.1 Å². The molecule has 0 spiro atoms. The van der Waals surface area contributed by atoms with E-state index in [9.17, 15) is 4.39 Å². The minimum atomic E-state index is -0.355. The summed E-state index contributed by atoms with van der Waals surface area (Å²) >= 11 is 6.05. The van der Waals surface area contributed by atoms with Crippen LogP contribution < -0.4 is 5.32 Å². The molecule has 1 fully saturated rings. The van der Waals surface area contributed by atoms with Crippen LogP contribution >= 0.6 is 11.6 Å². The van der Waals surface area contributed by atoms with Gasteiger partial charge in [-0.05, 0) is 67.9 Å². The zero-order valence-electron chi connectivity index (χ0n) is 16.8. The summed E-state index contributed by atoms with van der Waals surface area (Å²) in [4.78, 5) is 8.77. The van der Waals surface area contributed by atoms with Gasteiger partial charge in [-0.15, -0.1) is 0 Å². The maximum absolute atomic E-state index is 14.3. The maximum atomic E-state index is 14.3. The van der Waals surface area contributed by atoms with Gasteiger partial charge < -0.3 is 5.32 Å². The Morgan fingerprint density at radius 2 is 1.74 bits per heavy atom. The minimum absolute atomic E-state index is 0.355. The van der Waals surface area contributed by atoms with Crippen LogP contribution in [0.4, 0.5) is 4.39 Å². The Labute approximate surface area is 184 Å². The fourth-order valence-electron chi connectivity index (χ4n) is 3.96. The van der Waals surface area contributed by atoms with Crippen LogP contribution in [0, 0.1) is 5.82 Å². The second kappa shape index (κ2) is 8.57. The van der Waals surface area contributed by atoms with Crippen molar-refractivity contribution in [2.24, 2.45) is 0 Å². The number of piperidine rings is 1. The van der Waals surface area contributed by atoms with Gasteiger partial charge in [-0.1, -0.05) is 11.6 Å². The first-order valence-corrected chi connectivity index (χ1v) is 10.7. The molecular formula is C24H21ClFN5. The molecule has 4 aromatic rings. The molecule has 0 radical (unpaired) electrons. The molecule has 0 unspecified atom stereocenters. The Kier molecular flexibility index (Phi) is 5.49. The molecule has 5 rings (SSSR count). The van der Waals surface area contributed by atoms with Gasteiger partial charge in [0.25, 0.3) is 0 Å². The van der Waals surface area contributed by atoms with Crippen LogP contribution in [0.3, 0.4) is 0 Å². The normalized spacial score (nSPS) is 14.6. The molecule has 0 atom stereocenters. The summed E-state index contributed by atoms with van der Waals surface area (Å²) < 4.78 is 16.4. The summed E-state index contributed by atoms with van der Waals surface area (Å²) in [6.45, 7) is 2.04. The van der Waals surface area contributed by atoms with Crippen LogP contribution in [-0.2, 0) is 0 Å². The van der Waals surface area contributed by atoms with E-state index in [0.717, 1.165) is 48.2 Å². The van der Waals surface area contributed by atoms with Crippen molar-refractivity contribution in [3.63, 3.8) is 0 Å². The maximum Gasteiger partial charge on any atom is 0.132 e. The summed E-state index contributed by atoms with van der Waals surface area (Å²) in [5.41, 5.74) is 4.76. The van der Waals surface area contributed by atoms with E-state index in [-0.39, 0.29) is 5.82 Å². The SMILES string of the molecule is Fc1ccc(Cl)cc1-c1cc(-c2cncc(-c3cnn(C4CCNCC4)c3)c2)ccn1. The van der Waals surface area contributed by atoms with Gasteiger partial charge in [-0.3, -0.25) is 14.6 Å². The molecule has 156 valence electrons. The van der Waals surface area contributed by atoms with E-state index in [1.807, 2.05) is 24.5 Å². The van der Waals surface area contributed by atoms with Crippen LogP contribution in [0.15, 0.2) is 67.4 Å². The lowest BCUT2D eigenvalue weighted by molar-refractivity contribution is 0.343. The highest BCUT2D eigenvalue weighted by molar-refractivity contribution is 6.30. The predicted molar refractivity (Wildman–Crippen MR) is 120 cm³/mol. The average Bonchev–Trinajstić information content (AvgIpc) is 3.32. The van der Waals surface area contributed by atoms with Crippen molar-refractivity contribution in [1.82, 2.24) is 25.1 Å². The smallest absolute Gasteiger partial charge is 0.132 e. The fourth-order valence-corrected chi connectivity index (χ4v) is 4.14. The fraction of sp³-hybridized carbons (Fsp3) is 0.208. The summed E-state index contributed by atoms with van der Waals surface area (Å²) in [7, 11) is 0. The zero-order chi connectivity index (χ0) is 21.2. The van der Waals surface area contributed by atoms with Crippen LogP contribution in [0.5, 0.6) is 0 Å². The van der Waals surface area contributed by atoms with Crippen molar-refractivity contribution in [3.8, 4) is 33.5 Å². The Morgan fingerprint density at radius 3 is 2.58 bits per heavy atom. The van der Waals surface area contributed by atoms with E-state index in [1.54, 1.807) is 18.5 Å². The van der Waals surface area contributed by atoms with Gasteiger partial charge in [-0.25, -0.2) is 4.39 Å². The Morgan fingerprint density at radius 1 is 0.935 bits per heavy atom. The van der Waals surface area contributed by atoms with E-state index >= 15 is 0 Å². The number of benzene rings is 1. The van der Waals surface area contributed by atoms with E-state index in [2.05, 4.69) is 37.3 Å². The van der Waals surface area contributed by atoms with E-state index in [0.29, 0.717) is 22.3 Å². The summed E-state index contributed by atoms with van der Waals surface area (Å²) in [5, 5.41) is 8.44. The van der Waals surface area contributed by atoms with Crippen LogP contribution in [0.2, 0.25) is 5.02 Å². The largest absolute Gasteiger partial charge is 0.317 e. The molecule has 31 heavy (non-hydrogen) atoms. The van der Waals surface area contributed by atoms with Crippen LogP contribution in [-0.4, -0.2) is 32.8 Å². The van der Waals surface area contributed by atoms with Crippen molar-refractivity contribution in [1.29, 1.82) is 0 Å². The standard InChI is InChI=1S/C24H21ClFN5/c25-20-1-2-23(26)22(11-20)24-10-16(3-8-29-24)17-9-18(13-28-12-17)19-14-30-31(15-19)21-4-6-27-7-5-21/h1-3,8-15,21,27H,4-7H2. The number of nitrogens with one attached hydrogen (secondary N) is 1. The number of rotatable bonds is 4. The number of hydrogen-bond donors (Lipinski definition) is 1. The van der Waals surface area contributed by atoms with E-state index in [4.69, 9.17) is 11.6 Å². The lowest BCUT2D eigenvalue weighted by Crippen LogP contribution is -2.29. The first-order valence-electron chi connectivity index (χ1n) is 10.3. The molecule has 1 aliphatic rings. The van der Waals surface area contributed by atoms with Gasteiger partial charge >= 0.3 is 0 Å². The highest BCUT2D eigenvalue weighted by Gasteiger charge is 2.16. The lowest BCUT2D eigenvalue weighted by atomic mass is 10.0. The quantitative estimate of drug-likeness (QED) is 0.468. The average molecular weight is 434 g/mol. The number of aromatic nitrogens is 4. The molecule has 1 aromatic carbocycles. The van der Waals surface area contributed by atoms with Crippen molar-refractivity contribution in [2.75, 3.05) is 13.1 Å². The highest BCUT2D eigenvalue weighted by atomic mass is 35.5. The number of pyridine rings is 2. The minimum Gasteiger partial charge on any atom is -0.317 e. The molecule has 4 heterocycles. The van der Waals surface area contributed by atoms with Crippen molar-refractivity contribution < 1.29 is 4.39 Å². The molecule has 1 N–H and O–H groups in total. The summed E-state index contributed by atoms with van der Waals surface area (Å²) in [6, 6.07) is 10.7. The molecule has 5 nitrogen and oxygen atoms in total. The Balaban J connectivity index is 1.46. The van der Waals surface area contributed by atoms with Crippen molar-refractivity contribution in [3.05, 3.63) is 78.2 Å². The van der Waals surface area contributed by atoms with Crippen LogP contribution in [0.1, 0.15) is 18.9 Å². The topological polar surface area (TPSA) is 55.6 Å².